The molecule has 0 spiro atoms. The van der Waals surface area contributed by atoms with Crippen LogP contribution in [0.5, 0.6) is 5.75 Å². The predicted octanol–water partition coefficient (Wildman–Crippen LogP) is 5.20. The van der Waals surface area contributed by atoms with E-state index in [-0.39, 0.29) is 23.6 Å². The molecule has 0 bridgehead atoms. The number of hydrogen-bond donors (Lipinski definition) is 1. The molecule has 0 aliphatic carbocycles. The molecular weight excluding hydrogens is 448 g/mol. The Bertz CT molecular complexity index is 1190. The van der Waals surface area contributed by atoms with Crippen molar-refractivity contribution in [2.45, 2.75) is 31.6 Å². The molecule has 4 rings (SSSR count). The van der Waals surface area contributed by atoms with Crippen LogP contribution in [0.1, 0.15) is 31.2 Å². The fourth-order valence-electron chi connectivity index (χ4n) is 3.69. The monoisotopic (exact) mass is 476 g/mol. The number of amides is 1. The topological polar surface area (TPSA) is 82.2 Å². The van der Waals surface area contributed by atoms with Gasteiger partial charge in [-0.15, -0.1) is 10.2 Å². The van der Waals surface area contributed by atoms with E-state index in [0.29, 0.717) is 11.7 Å². The van der Waals surface area contributed by atoms with Crippen LogP contribution >= 0.6 is 11.8 Å². The Morgan fingerprint density at radius 1 is 1.06 bits per heavy atom. The van der Waals surface area contributed by atoms with Crippen molar-refractivity contribution in [2.24, 2.45) is 5.92 Å². The molecule has 0 aliphatic heterocycles. The largest absolute Gasteiger partial charge is 0.497 e. The molecule has 34 heavy (non-hydrogen) atoms. The summed E-state index contributed by atoms with van der Waals surface area (Å²) in [5, 5.41) is 12.6. The van der Waals surface area contributed by atoms with E-state index < -0.39 is 0 Å². The number of nitrogens with zero attached hydrogens (tertiary/aromatic N) is 3. The molecule has 2 aromatic heterocycles. The summed E-state index contributed by atoms with van der Waals surface area (Å²) in [6, 6.07) is 21.3. The first-order valence-corrected chi connectivity index (χ1v) is 12.1. The summed E-state index contributed by atoms with van der Waals surface area (Å²) in [5.74, 6) is 2.71. The molecule has 0 saturated heterocycles. The van der Waals surface area contributed by atoms with Crippen molar-refractivity contribution in [3.8, 4) is 17.1 Å². The van der Waals surface area contributed by atoms with Crippen LogP contribution in [0, 0.1) is 5.92 Å². The molecule has 0 radical (unpaired) electrons. The van der Waals surface area contributed by atoms with Crippen molar-refractivity contribution in [3.63, 3.8) is 0 Å². The number of aromatic nitrogens is 3. The van der Waals surface area contributed by atoms with Crippen molar-refractivity contribution in [1.82, 2.24) is 20.1 Å². The number of hydrogen-bond acceptors (Lipinski definition) is 6. The zero-order valence-corrected chi connectivity index (χ0v) is 20.3. The van der Waals surface area contributed by atoms with Gasteiger partial charge in [-0.2, -0.15) is 0 Å². The highest BCUT2D eigenvalue weighted by Gasteiger charge is 2.21. The molecule has 1 atom stereocenters. The maximum Gasteiger partial charge on any atom is 0.230 e. The lowest BCUT2D eigenvalue weighted by molar-refractivity contribution is -0.119. The van der Waals surface area contributed by atoms with E-state index in [1.54, 1.807) is 13.4 Å². The van der Waals surface area contributed by atoms with Gasteiger partial charge < -0.3 is 14.5 Å². The van der Waals surface area contributed by atoms with Gasteiger partial charge in [0.15, 0.2) is 11.0 Å². The molecule has 2 aromatic carbocycles. The Labute approximate surface area is 203 Å². The summed E-state index contributed by atoms with van der Waals surface area (Å²) in [4.78, 5) is 12.9. The van der Waals surface area contributed by atoms with Gasteiger partial charge in [-0.05, 0) is 35.7 Å². The van der Waals surface area contributed by atoms with Crippen LogP contribution < -0.4 is 10.1 Å². The Balaban J connectivity index is 1.48. The van der Waals surface area contributed by atoms with Gasteiger partial charge in [0.1, 0.15) is 11.5 Å². The van der Waals surface area contributed by atoms with Crippen LogP contribution in [0.25, 0.3) is 11.4 Å². The van der Waals surface area contributed by atoms with E-state index in [4.69, 9.17) is 9.15 Å². The summed E-state index contributed by atoms with van der Waals surface area (Å²) in [6.45, 7) is 4.66. The Kier molecular flexibility index (Phi) is 7.69. The van der Waals surface area contributed by atoms with E-state index in [0.717, 1.165) is 28.5 Å². The molecule has 8 heteroatoms. The molecule has 7 nitrogen and oxygen atoms in total. The first kappa shape index (κ1) is 23.6. The predicted molar refractivity (Wildman–Crippen MR) is 133 cm³/mol. The highest BCUT2D eigenvalue weighted by atomic mass is 32.2. The molecule has 176 valence electrons. The van der Waals surface area contributed by atoms with Crippen LogP contribution in [0.3, 0.4) is 0 Å². The van der Waals surface area contributed by atoms with Gasteiger partial charge in [-0.1, -0.05) is 68.1 Å². The number of methoxy groups -OCH3 is 1. The van der Waals surface area contributed by atoms with E-state index in [2.05, 4.69) is 29.4 Å². The van der Waals surface area contributed by atoms with Gasteiger partial charge in [0.2, 0.25) is 5.91 Å². The van der Waals surface area contributed by atoms with Crippen molar-refractivity contribution < 1.29 is 13.9 Å². The lowest BCUT2D eigenvalue weighted by atomic mass is 9.96. The molecular formula is C26H28N4O3S. The second-order valence-corrected chi connectivity index (χ2v) is 9.13. The fraction of sp³-hybridized carbons (Fsp3) is 0.269. The summed E-state index contributed by atoms with van der Waals surface area (Å²) in [5.41, 5.74) is 2.00. The summed E-state index contributed by atoms with van der Waals surface area (Å²) in [7, 11) is 1.64. The number of thioether (sulfide) groups is 1. The summed E-state index contributed by atoms with van der Waals surface area (Å²) >= 11 is 1.36. The van der Waals surface area contributed by atoms with Crippen LogP contribution in [0.2, 0.25) is 0 Å². The normalized spacial score (nSPS) is 12.0. The second kappa shape index (κ2) is 11.1. The maximum atomic E-state index is 12.9. The maximum absolute atomic E-state index is 12.9. The first-order valence-electron chi connectivity index (χ1n) is 11.1. The van der Waals surface area contributed by atoms with E-state index in [1.165, 1.54) is 11.8 Å². The Morgan fingerprint density at radius 3 is 2.47 bits per heavy atom. The summed E-state index contributed by atoms with van der Waals surface area (Å²) < 4.78 is 12.8. The molecule has 0 fully saturated rings. The summed E-state index contributed by atoms with van der Waals surface area (Å²) in [6.07, 6.45) is 1.65. The average molecular weight is 477 g/mol. The minimum atomic E-state index is -0.0973. The molecule has 0 unspecified atom stereocenters. The SMILES string of the molecule is COc1ccc([C@H](NC(=O)CSc2nnc(-c3ccccc3)n2Cc2ccco2)C(C)C)cc1. The minimum absolute atomic E-state index is 0.0617. The average Bonchev–Trinajstić information content (AvgIpc) is 3.52. The van der Waals surface area contributed by atoms with Crippen LogP contribution in [0.15, 0.2) is 82.6 Å². The van der Waals surface area contributed by atoms with Gasteiger partial charge >= 0.3 is 0 Å². The third kappa shape index (κ3) is 5.69. The van der Waals surface area contributed by atoms with Crippen molar-refractivity contribution in [3.05, 3.63) is 84.3 Å². The van der Waals surface area contributed by atoms with Crippen molar-refractivity contribution >= 4 is 17.7 Å². The van der Waals surface area contributed by atoms with Crippen LogP contribution in [0.4, 0.5) is 0 Å². The standard InChI is InChI=1S/C26H28N4O3S/c1-18(2)24(19-11-13-21(32-3)14-12-19)27-23(31)17-34-26-29-28-25(20-8-5-4-6-9-20)30(26)16-22-10-7-15-33-22/h4-15,18,24H,16-17H2,1-3H3,(H,27,31)/t24-/m1/s1. The van der Waals surface area contributed by atoms with Crippen molar-refractivity contribution in [1.29, 1.82) is 0 Å². The lowest BCUT2D eigenvalue weighted by Crippen LogP contribution is -2.33. The van der Waals surface area contributed by atoms with Crippen LogP contribution in [-0.2, 0) is 11.3 Å². The quantitative estimate of drug-likeness (QED) is 0.317. The van der Waals surface area contributed by atoms with E-state index in [9.17, 15) is 4.79 Å². The molecule has 1 N–H and O–H groups in total. The number of nitrogens with one attached hydrogen (secondary N) is 1. The highest BCUT2D eigenvalue weighted by Crippen LogP contribution is 2.27. The highest BCUT2D eigenvalue weighted by molar-refractivity contribution is 7.99. The second-order valence-electron chi connectivity index (χ2n) is 8.19. The number of carbonyl (C=O) groups is 1. The minimum Gasteiger partial charge on any atom is -0.497 e. The van der Waals surface area contributed by atoms with Gasteiger partial charge in [0.05, 0.1) is 31.7 Å². The van der Waals surface area contributed by atoms with E-state index in [1.807, 2.05) is 71.3 Å². The number of rotatable bonds is 10. The molecule has 2 heterocycles. The van der Waals surface area contributed by atoms with E-state index >= 15 is 0 Å². The third-order valence-electron chi connectivity index (χ3n) is 5.43. The lowest BCUT2D eigenvalue weighted by Gasteiger charge is -2.23. The number of ether oxygens (including phenoxy) is 1. The molecule has 4 aromatic rings. The molecule has 0 saturated carbocycles. The number of benzene rings is 2. The Hall–Kier alpha value is -3.52. The van der Waals surface area contributed by atoms with Crippen LogP contribution in [-0.4, -0.2) is 33.5 Å². The Morgan fingerprint density at radius 2 is 1.82 bits per heavy atom. The van der Waals surface area contributed by atoms with Crippen molar-refractivity contribution in [2.75, 3.05) is 12.9 Å². The number of furan rings is 1. The van der Waals surface area contributed by atoms with Gasteiger partial charge in [0.25, 0.3) is 0 Å². The third-order valence-corrected chi connectivity index (χ3v) is 6.40. The molecule has 0 aliphatic rings. The van der Waals surface area contributed by atoms with Gasteiger partial charge in [-0.25, -0.2) is 0 Å². The smallest absolute Gasteiger partial charge is 0.230 e. The number of carbonyl (C=O) groups excluding carboxylic acids is 1. The zero-order valence-electron chi connectivity index (χ0n) is 19.5. The van der Waals surface area contributed by atoms with Gasteiger partial charge in [0, 0.05) is 5.56 Å². The zero-order chi connectivity index (χ0) is 23.9. The molecule has 1 amide bonds. The fourth-order valence-corrected chi connectivity index (χ4v) is 4.44. The van der Waals surface area contributed by atoms with Gasteiger partial charge in [-0.3, -0.25) is 9.36 Å². The first-order chi connectivity index (χ1) is 16.5.